The van der Waals surface area contributed by atoms with Gasteiger partial charge in [0.15, 0.2) is 0 Å². The molecular weight excluding hydrogens is 428 g/mol. The largest absolute Gasteiger partial charge is 0.508 e. The predicted octanol–water partition coefficient (Wildman–Crippen LogP) is 3.47. The number of allylic oxidation sites excluding steroid dienone is 3. The molecular formula is C25H28O8. The molecule has 2 atom stereocenters. The summed E-state index contributed by atoms with van der Waals surface area (Å²) in [6, 6.07) is 5.70. The standard InChI is InChI=1S/C25H28O8/c1-5-15-14-19(27)24(2,3)32-18(15)8-6-7-13-25(23(30)31-4)20(21(28)22(29)33-25)16-9-11-17(26)12-10-16/h5-6,8-12,19,26-28H,1,7,13-14H2,2-4H3/b8-6-/t19-,25+/m0/s1. The van der Waals surface area contributed by atoms with Gasteiger partial charge in [-0.15, -0.1) is 0 Å². The van der Waals surface area contributed by atoms with E-state index in [2.05, 4.69) is 6.58 Å². The smallest absolute Gasteiger partial charge is 0.375 e. The lowest BCUT2D eigenvalue weighted by Gasteiger charge is -2.37. The Morgan fingerprint density at radius 1 is 1.24 bits per heavy atom. The molecule has 0 unspecified atom stereocenters. The van der Waals surface area contributed by atoms with Gasteiger partial charge >= 0.3 is 11.9 Å². The fourth-order valence-corrected chi connectivity index (χ4v) is 3.91. The highest BCUT2D eigenvalue weighted by molar-refractivity contribution is 6.11. The number of methoxy groups -OCH3 is 1. The summed E-state index contributed by atoms with van der Waals surface area (Å²) in [5.74, 6) is -2.01. The van der Waals surface area contributed by atoms with Gasteiger partial charge in [0, 0.05) is 12.8 Å². The van der Waals surface area contributed by atoms with Gasteiger partial charge in [-0.05, 0) is 49.6 Å². The first-order valence-corrected chi connectivity index (χ1v) is 10.5. The number of aromatic hydroxyl groups is 1. The molecule has 176 valence electrons. The Kier molecular flexibility index (Phi) is 6.69. The zero-order valence-electron chi connectivity index (χ0n) is 18.8. The first-order chi connectivity index (χ1) is 15.6. The molecule has 1 aromatic carbocycles. The lowest BCUT2D eigenvalue weighted by Crippen LogP contribution is -2.42. The summed E-state index contributed by atoms with van der Waals surface area (Å²) in [4.78, 5) is 25.1. The van der Waals surface area contributed by atoms with Crippen LogP contribution in [-0.4, -0.2) is 51.7 Å². The van der Waals surface area contributed by atoms with Crippen molar-refractivity contribution in [3.8, 4) is 5.75 Å². The number of hydrogen-bond donors (Lipinski definition) is 3. The zero-order chi connectivity index (χ0) is 24.4. The summed E-state index contributed by atoms with van der Waals surface area (Å²) in [6.45, 7) is 7.34. The zero-order valence-corrected chi connectivity index (χ0v) is 18.8. The normalized spacial score (nSPS) is 24.6. The maximum atomic E-state index is 12.8. The van der Waals surface area contributed by atoms with E-state index in [-0.39, 0.29) is 24.2 Å². The van der Waals surface area contributed by atoms with Gasteiger partial charge in [-0.25, -0.2) is 9.59 Å². The van der Waals surface area contributed by atoms with Crippen LogP contribution < -0.4 is 0 Å². The van der Waals surface area contributed by atoms with Crippen molar-refractivity contribution in [2.24, 2.45) is 0 Å². The Hall–Kier alpha value is -3.52. The number of rotatable bonds is 7. The second-order valence-electron chi connectivity index (χ2n) is 8.44. The highest BCUT2D eigenvalue weighted by atomic mass is 16.6. The molecule has 3 rings (SSSR count). The molecule has 2 aliphatic heterocycles. The summed E-state index contributed by atoms with van der Waals surface area (Å²) in [6.07, 6.45) is 5.05. The molecule has 3 N–H and O–H groups in total. The number of cyclic esters (lactones) is 1. The van der Waals surface area contributed by atoms with Crippen molar-refractivity contribution in [3.05, 3.63) is 71.7 Å². The molecule has 8 nitrogen and oxygen atoms in total. The van der Waals surface area contributed by atoms with E-state index in [1.165, 1.54) is 31.4 Å². The number of phenols is 1. The lowest BCUT2D eigenvalue weighted by atomic mass is 9.84. The predicted molar refractivity (Wildman–Crippen MR) is 120 cm³/mol. The van der Waals surface area contributed by atoms with Gasteiger partial charge in [-0.1, -0.05) is 30.9 Å². The number of benzene rings is 1. The molecule has 0 aliphatic carbocycles. The third-order valence-corrected chi connectivity index (χ3v) is 5.86. The van der Waals surface area contributed by atoms with Crippen molar-refractivity contribution in [1.29, 1.82) is 0 Å². The minimum absolute atomic E-state index is 0.00902. The number of carbonyl (C=O) groups excluding carboxylic acids is 2. The third kappa shape index (κ3) is 4.52. The molecule has 8 heteroatoms. The van der Waals surface area contributed by atoms with Crippen LogP contribution in [0.4, 0.5) is 0 Å². The number of aliphatic hydroxyl groups excluding tert-OH is 2. The highest BCUT2D eigenvalue weighted by Crippen LogP contribution is 2.43. The van der Waals surface area contributed by atoms with Crippen molar-refractivity contribution in [1.82, 2.24) is 0 Å². The van der Waals surface area contributed by atoms with E-state index in [1.54, 1.807) is 32.1 Å². The van der Waals surface area contributed by atoms with Gasteiger partial charge in [0.05, 0.1) is 18.8 Å². The highest BCUT2D eigenvalue weighted by Gasteiger charge is 2.55. The molecule has 0 bridgehead atoms. The Balaban J connectivity index is 1.90. The number of ether oxygens (including phenoxy) is 3. The molecule has 0 fully saturated rings. The molecule has 2 heterocycles. The third-order valence-electron chi connectivity index (χ3n) is 5.86. The fourth-order valence-electron chi connectivity index (χ4n) is 3.91. The second kappa shape index (κ2) is 9.15. The SMILES string of the molecule is C=CC1=C(/C=C\CC[C@@]2(C(=O)OC)OC(=O)C(O)=C2c2ccc(O)cc2)OC(C)(C)[C@@H](O)C1. The van der Waals surface area contributed by atoms with Crippen molar-refractivity contribution >= 4 is 17.5 Å². The molecule has 0 saturated heterocycles. The van der Waals surface area contributed by atoms with Crippen molar-refractivity contribution in [2.75, 3.05) is 7.11 Å². The first kappa shape index (κ1) is 24.1. The van der Waals surface area contributed by atoms with Gasteiger partial charge in [0.25, 0.3) is 0 Å². The summed E-state index contributed by atoms with van der Waals surface area (Å²) >= 11 is 0. The molecule has 0 radical (unpaired) electrons. The van der Waals surface area contributed by atoms with E-state index in [0.29, 0.717) is 17.7 Å². The minimum atomic E-state index is -1.85. The topological polar surface area (TPSA) is 123 Å². The Labute approximate surface area is 192 Å². The molecule has 0 spiro atoms. The second-order valence-corrected chi connectivity index (χ2v) is 8.44. The average Bonchev–Trinajstić information content (AvgIpc) is 3.04. The van der Waals surface area contributed by atoms with Crippen LogP contribution in [0.5, 0.6) is 5.75 Å². The van der Waals surface area contributed by atoms with Crippen molar-refractivity contribution in [3.63, 3.8) is 0 Å². The maximum absolute atomic E-state index is 12.8. The summed E-state index contributed by atoms with van der Waals surface area (Å²) < 4.78 is 16.2. The number of carbonyl (C=O) groups is 2. The Morgan fingerprint density at radius 3 is 2.52 bits per heavy atom. The number of esters is 2. The van der Waals surface area contributed by atoms with Crippen LogP contribution in [0.15, 0.2) is 66.2 Å². The quantitative estimate of drug-likeness (QED) is 0.533. The van der Waals surface area contributed by atoms with Crippen molar-refractivity contribution < 1.29 is 39.1 Å². The Morgan fingerprint density at radius 2 is 1.91 bits per heavy atom. The average molecular weight is 456 g/mol. The number of hydrogen-bond acceptors (Lipinski definition) is 8. The van der Waals surface area contributed by atoms with Crippen LogP contribution in [0.1, 0.15) is 38.7 Å². The molecule has 0 aromatic heterocycles. The molecule has 1 aromatic rings. The maximum Gasteiger partial charge on any atom is 0.375 e. The van der Waals surface area contributed by atoms with Gasteiger partial charge in [-0.2, -0.15) is 0 Å². The van der Waals surface area contributed by atoms with Crippen LogP contribution in [0.3, 0.4) is 0 Å². The van der Waals surface area contributed by atoms with E-state index < -0.39 is 35.0 Å². The Bertz CT molecular complexity index is 1040. The van der Waals surface area contributed by atoms with Crippen molar-refractivity contribution in [2.45, 2.75) is 50.4 Å². The molecule has 2 aliphatic rings. The minimum Gasteiger partial charge on any atom is -0.508 e. The fraction of sp³-hybridized carbons (Fsp3) is 0.360. The number of aliphatic hydroxyl groups is 2. The van der Waals surface area contributed by atoms with E-state index in [0.717, 1.165) is 5.57 Å². The van der Waals surface area contributed by atoms with Gasteiger partial charge < -0.3 is 29.5 Å². The van der Waals surface area contributed by atoms with Gasteiger partial charge in [0.1, 0.15) is 17.1 Å². The molecule has 0 amide bonds. The van der Waals surface area contributed by atoms with E-state index in [9.17, 15) is 24.9 Å². The van der Waals surface area contributed by atoms with Crippen LogP contribution in [-0.2, 0) is 23.8 Å². The molecule has 33 heavy (non-hydrogen) atoms. The van der Waals surface area contributed by atoms with Crippen LogP contribution in [0.25, 0.3) is 5.57 Å². The van der Waals surface area contributed by atoms with Gasteiger partial charge in [0.2, 0.25) is 11.4 Å². The van der Waals surface area contributed by atoms with Crippen LogP contribution in [0.2, 0.25) is 0 Å². The monoisotopic (exact) mass is 456 g/mol. The molecule has 0 saturated carbocycles. The lowest BCUT2D eigenvalue weighted by molar-refractivity contribution is -0.169. The van der Waals surface area contributed by atoms with Crippen LogP contribution in [0, 0.1) is 0 Å². The van der Waals surface area contributed by atoms with Crippen LogP contribution >= 0.6 is 0 Å². The summed E-state index contributed by atoms with van der Waals surface area (Å²) in [5, 5.41) is 30.2. The summed E-state index contributed by atoms with van der Waals surface area (Å²) in [5.41, 5.74) is -1.56. The van der Waals surface area contributed by atoms with E-state index >= 15 is 0 Å². The van der Waals surface area contributed by atoms with E-state index in [4.69, 9.17) is 14.2 Å². The number of phenolic OH excluding ortho intramolecular Hbond substituents is 1. The summed E-state index contributed by atoms with van der Waals surface area (Å²) in [7, 11) is 1.17. The van der Waals surface area contributed by atoms with E-state index in [1.807, 2.05) is 0 Å². The van der Waals surface area contributed by atoms with Gasteiger partial charge in [-0.3, -0.25) is 0 Å². The first-order valence-electron chi connectivity index (χ1n) is 10.5.